The van der Waals surface area contributed by atoms with E-state index in [1.54, 1.807) is 12.1 Å². The van der Waals surface area contributed by atoms with Crippen LogP contribution in [-0.4, -0.2) is 22.7 Å². The van der Waals surface area contributed by atoms with Crippen LogP contribution in [0.25, 0.3) is 0 Å². The number of hydrogen-bond donors (Lipinski definition) is 2. The number of amides is 1. The maximum Gasteiger partial charge on any atom is 0.435 e. The van der Waals surface area contributed by atoms with Gasteiger partial charge in [-0.05, 0) is 24.3 Å². The van der Waals surface area contributed by atoms with Gasteiger partial charge in [0, 0.05) is 19.7 Å². The minimum absolute atomic E-state index is 0.0799. The lowest BCUT2D eigenvalue weighted by Crippen LogP contribution is -2.18. The summed E-state index contributed by atoms with van der Waals surface area (Å²) in [5, 5.41) is 9.18. The molecule has 0 bridgehead atoms. The molecule has 0 fully saturated rings. The highest BCUT2D eigenvalue weighted by Crippen LogP contribution is 2.29. The fraction of sp³-hybridized carbons (Fsp3) is 0.286. The zero-order valence-electron chi connectivity index (χ0n) is 12.3. The number of rotatable bonds is 4. The van der Waals surface area contributed by atoms with Crippen molar-refractivity contribution in [1.29, 1.82) is 0 Å². The Morgan fingerprint density at radius 2 is 2.04 bits per heavy atom. The van der Waals surface area contributed by atoms with Gasteiger partial charge < -0.3 is 10.6 Å². The van der Waals surface area contributed by atoms with Gasteiger partial charge in [-0.15, -0.1) is 0 Å². The lowest BCUT2D eigenvalue weighted by atomic mass is 10.2. The summed E-state index contributed by atoms with van der Waals surface area (Å²) in [6, 6.07) is 5.59. The summed E-state index contributed by atoms with van der Waals surface area (Å²) in [4.78, 5) is 11.6. The average molecular weight is 347 g/mol. The molecule has 0 aliphatic carbocycles. The topological polar surface area (TPSA) is 59.0 Å². The van der Waals surface area contributed by atoms with Crippen molar-refractivity contribution in [2.75, 3.05) is 12.4 Å². The van der Waals surface area contributed by atoms with Gasteiger partial charge in [0.25, 0.3) is 5.91 Å². The predicted molar refractivity (Wildman–Crippen MR) is 80.4 cm³/mol. The number of hydrogen-bond acceptors (Lipinski definition) is 3. The molecule has 1 heterocycles. The zero-order valence-corrected chi connectivity index (χ0v) is 13.1. The second-order valence-corrected chi connectivity index (χ2v) is 5.18. The number of alkyl halides is 3. The summed E-state index contributed by atoms with van der Waals surface area (Å²) in [5.41, 5.74) is 0.212. The first kappa shape index (κ1) is 17.1. The third kappa shape index (κ3) is 3.95. The number of nitrogens with one attached hydrogen (secondary N) is 2. The molecule has 124 valence electrons. The van der Waals surface area contributed by atoms with Gasteiger partial charge in [0.2, 0.25) is 0 Å². The molecule has 5 nitrogen and oxygen atoms in total. The van der Waals surface area contributed by atoms with Crippen LogP contribution in [0.3, 0.4) is 0 Å². The molecule has 0 atom stereocenters. The van der Waals surface area contributed by atoms with Gasteiger partial charge in [-0.2, -0.15) is 18.3 Å². The minimum Gasteiger partial charge on any atom is -0.378 e. The number of anilines is 1. The molecule has 0 saturated carbocycles. The molecule has 0 radical (unpaired) electrons. The second-order valence-electron chi connectivity index (χ2n) is 4.77. The van der Waals surface area contributed by atoms with Crippen molar-refractivity contribution in [3.8, 4) is 0 Å². The van der Waals surface area contributed by atoms with Crippen molar-refractivity contribution in [2.24, 2.45) is 7.05 Å². The normalized spacial score (nSPS) is 11.4. The van der Waals surface area contributed by atoms with Crippen LogP contribution in [0.1, 0.15) is 21.7 Å². The molecule has 9 heteroatoms. The molecule has 0 aliphatic heterocycles. The molecule has 0 saturated heterocycles. The van der Waals surface area contributed by atoms with Crippen LogP contribution < -0.4 is 10.6 Å². The average Bonchev–Trinajstić information content (AvgIpc) is 2.87. The largest absolute Gasteiger partial charge is 0.435 e. The van der Waals surface area contributed by atoms with Crippen molar-refractivity contribution in [1.82, 2.24) is 15.1 Å². The molecule has 0 unspecified atom stereocenters. The number of aromatic nitrogens is 2. The zero-order chi connectivity index (χ0) is 17.2. The SMILES string of the molecule is CNC(=O)c1ccc(Cl)c(NCc2cc(C(F)(F)F)nn2C)c1. The summed E-state index contributed by atoms with van der Waals surface area (Å²) in [6.07, 6.45) is -4.49. The Bertz CT molecular complexity index is 727. The van der Waals surface area contributed by atoms with Gasteiger partial charge in [-0.25, -0.2) is 0 Å². The molecule has 1 aromatic carbocycles. The standard InChI is InChI=1S/C14H14ClF3N4O/c1-19-13(23)8-3-4-10(15)11(5-8)20-7-9-6-12(14(16,17)18)21-22(9)2/h3-6,20H,7H2,1-2H3,(H,19,23). The quantitative estimate of drug-likeness (QED) is 0.894. The fourth-order valence-electron chi connectivity index (χ4n) is 1.94. The Balaban J connectivity index is 2.18. The first-order valence-electron chi connectivity index (χ1n) is 6.58. The van der Waals surface area contributed by atoms with Gasteiger partial charge >= 0.3 is 6.18 Å². The van der Waals surface area contributed by atoms with Crippen molar-refractivity contribution < 1.29 is 18.0 Å². The molecule has 2 N–H and O–H groups in total. The van der Waals surface area contributed by atoms with Crippen molar-refractivity contribution in [2.45, 2.75) is 12.7 Å². The molecule has 0 spiro atoms. The van der Waals surface area contributed by atoms with E-state index < -0.39 is 11.9 Å². The summed E-state index contributed by atoms with van der Waals surface area (Å²) < 4.78 is 39.0. The van der Waals surface area contributed by atoms with Crippen molar-refractivity contribution in [3.05, 3.63) is 46.2 Å². The number of benzene rings is 1. The Kier molecular flexibility index (Phi) is 4.84. The summed E-state index contributed by atoms with van der Waals surface area (Å²) in [6.45, 7) is 0.0799. The molecule has 2 aromatic rings. The van der Waals surface area contributed by atoms with Gasteiger partial charge in [0.1, 0.15) is 0 Å². The van der Waals surface area contributed by atoms with Crippen LogP contribution in [0.5, 0.6) is 0 Å². The van der Waals surface area contributed by atoms with Crippen LogP contribution in [0.4, 0.5) is 18.9 Å². The maximum atomic E-state index is 12.6. The first-order valence-corrected chi connectivity index (χ1v) is 6.95. The van der Waals surface area contributed by atoms with E-state index in [0.29, 0.717) is 22.0 Å². The molecule has 23 heavy (non-hydrogen) atoms. The van der Waals surface area contributed by atoms with Crippen LogP contribution in [0.2, 0.25) is 5.02 Å². The Hall–Kier alpha value is -2.22. The monoisotopic (exact) mass is 346 g/mol. The van der Waals surface area contributed by atoms with E-state index in [-0.39, 0.29) is 12.5 Å². The number of carbonyl (C=O) groups excluding carboxylic acids is 1. The highest BCUT2D eigenvalue weighted by Gasteiger charge is 2.34. The Labute approximate surface area is 135 Å². The molecular formula is C14H14ClF3N4O. The highest BCUT2D eigenvalue weighted by atomic mass is 35.5. The fourth-order valence-corrected chi connectivity index (χ4v) is 2.13. The highest BCUT2D eigenvalue weighted by molar-refractivity contribution is 6.33. The molecule has 2 rings (SSSR count). The second kappa shape index (κ2) is 6.49. The molecular weight excluding hydrogens is 333 g/mol. The van der Waals surface area contributed by atoms with Gasteiger partial charge in [0.15, 0.2) is 5.69 Å². The van der Waals surface area contributed by atoms with E-state index in [9.17, 15) is 18.0 Å². The van der Waals surface area contributed by atoms with E-state index in [1.165, 1.54) is 20.2 Å². The van der Waals surface area contributed by atoms with Gasteiger partial charge in [-0.1, -0.05) is 11.6 Å². The van der Waals surface area contributed by atoms with Gasteiger partial charge in [0.05, 0.1) is 22.9 Å². The van der Waals surface area contributed by atoms with Crippen LogP contribution in [0, 0.1) is 0 Å². The van der Waals surface area contributed by atoms with Crippen LogP contribution in [0.15, 0.2) is 24.3 Å². The maximum absolute atomic E-state index is 12.6. The smallest absolute Gasteiger partial charge is 0.378 e. The Morgan fingerprint density at radius 3 is 2.61 bits per heavy atom. The van der Waals surface area contributed by atoms with Crippen LogP contribution >= 0.6 is 11.6 Å². The van der Waals surface area contributed by atoms with E-state index in [0.717, 1.165) is 10.7 Å². The number of carbonyl (C=O) groups is 1. The lowest BCUT2D eigenvalue weighted by Gasteiger charge is -2.10. The molecule has 0 aliphatic rings. The minimum atomic E-state index is -4.49. The van der Waals surface area contributed by atoms with Crippen LogP contribution in [-0.2, 0) is 19.8 Å². The summed E-state index contributed by atoms with van der Waals surface area (Å²) in [7, 11) is 2.92. The lowest BCUT2D eigenvalue weighted by molar-refractivity contribution is -0.141. The molecule has 1 aromatic heterocycles. The van der Waals surface area contributed by atoms with E-state index in [1.807, 2.05) is 0 Å². The number of nitrogens with zero attached hydrogens (tertiary/aromatic N) is 2. The number of aryl methyl sites for hydroxylation is 1. The third-order valence-corrected chi connectivity index (χ3v) is 3.51. The summed E-state index contributed by atoms with van der Waals surface area (Å²) >= 11 is 6.03. The number of halogens is 4. The molecule has 1 amide bonds. The van der Waals surface area contributed by atoms with Crippen molar-refractivity contribution in [3.63, 3.8) is 0 Å². The van der Waals surface area contributed by atoms with E-state index >= 15 is 0 Å². The van der Waals surface area contributed by atoms with E-state index in [2.05, 4.69) is 15.7 Å². The van der Waals surface area contributed by atoms with Gasteiger partial charge in [-0.3, -0.25) is 9.48 Å². The predicted octanol–water partition coefficient (Wildman–Crippen LogP) is 3.06. The summed E-state index contributed by atoms with van der Waals surface area (Å²) in [5.74, 6) is -0.287. The Morgan fingerprint density at radius 1 is 1.35 bits per heavy atom. The third-order valence-electron chi connectivity index (χ3n) is 3.18. The first-order chi connectivity index (χ1) is 10.7. The van der Waals surface area contributed by atoms with Crippen molar-refractivity contribution >= 4 is 23.2 Å². The van der Waals surface area contributed by atoms with E-state index in [4.69, 9.17) is 11.6 Å².